The monoisotopic (exact) mass is 590 g/mol. The summed E-state index contributed by atoms with van der Waals surface area (Å²) in [4.78, 5) is 15.2. The third-order valence-electron chi connectivity index (χ3n) is 8.23. The zero-order chi connectivity index (χ0) is 29.7. The minimum atomic E-state index is -0.721. The van der Waals surface area contributed by atoms with Crippen LogP contribution >= 0.6 is 11.6 Å². The molecule has 0 bridgehead atoms. The Bertz CT molecular complexity index is 1290. The SMILES string of the molecule is CCOC(=O)[C@H](Cc1ccc(OCCNC2[C@H]3CN(Cc4ccc(Cl)cc4)C[C@@H]23)cc1)Oc1ccc(C(C)(C)C)cc1. The zero-order valence-electron chi connectivity index (χ0n) is 25.1. The van der Waals surface area contributed by atoms with Gasteiger partial charge in [0, 0.05) is 43.7 Å². The van der Waals surface area contributed by atoms with E-state index in [4.69, 9.17) is 25.8 Å². The number of fused-ring (bicyclic) bond motifs is 1. The van der Waals surface area contributed by atoms with Crippen LogP contribution in [-0.2, 0) is 27.9 Å². The molecule has 0 radical (unpaired) electrons. The lowest BCUT2D eigenvalue weighted by atomic mass is 9.87. The first-order valence-corrected chi connectivity index (χ1v) is 15.4. The first-order valence-electron chi connectivity index (χ1n) is 15.1. The van der Waals surface area contributed by atoms with Gasteiger partial charge in [0.2, 0.25) is 0 Å². The van der Waals surface area contributed by atoms with Crippen molar-refractivity contribution in [2.75, 3.05) is 32.8 Å². The Morgan fingerprint density at radius 2 is 1.55 bits per heavy atom. The van der Waals surface area contributed by atoms with Crippen molar-refractivity contribution in [2.45, 2.75) is 58.2 Å². The van der Waals surface area contributed by atoms with Crippen molar-refractivity contribution in [3.8, 4) is 11.5 Å². The standard InChI is InChI=1S/C35H43ClN2O4/c1-5-40-34(39)32(42-29-16-10-26(11-17-29)35(2,3)4)20-24-8-14-28(15-9-24)41-19-18-37-33-30-22-38(23-31(30)33)21-25-6-12-27(36)13-7-25/h6-17,30-33,37H,5,18-23H2,1-4H3/t30-,31+,32-,33?/m0/s1. The summed E-state index contributed by atoms with van der Waals surface area (Å²) in [5.41, 5.74) is 3.57. The normalized spacial score (nSPS) is 20.5. The van der Waals surface area contributed by atoms with Crippen LogP contribution in [0.5, 0.6) is 11.5 Å². The van der Waals surface area contributed by atoms with Crippen molar-refractivity contribution in [3.05, 3.63) is 94.5 Å². The lowest BCUT2D eigenvalue weighted by Crippen LogP contribution is -2.33. The Labute approximate surface area is 255 Å². The predicted octanol–water partition coefficient (Wildman–Crippen LogP) is 6.29. The number of ether oxygens (including phenoxy) is 3. The molecule has 0 spiro atoms. The van der Waals surface area contributed by atoms with Crippen LogP contribution in [0.15, 0.2) is 72.8 Å². The molecular weight excluding hydrogens is 548 g/mol. The third kappa shape index (κ3) is 8.06. The predicted molar refractivity (Wildman–Crippen MR) is 167 cm³/mol. The van der Waals surface area contributed by atoms with E-state index in [2.05, 4.69) is 43.1 Å². The number of benzene rings is 3. The van der Waals surface area contributed by atoms with E-state index >= 15 is 0 Å². The highest BCUT2D eigenvalue weighted by Crippen LogP contribution is 2.45. The van der Waals surface area contributed by atoms with Crippen LogP contribution in [0.3, 0.4) is 0 Å². The molecular formula is C35H43ClN2O4. The minimum absolute atomic E-state index is 0.0523. The molecule has 42 heavy (non-hydrogen) atoms. The highest BCUT2D eigenvalue weighted by molar-refractivity contribution is 6.30. The molecule has 7 heteroatoms. The largest absolute Gasteiger partial charge is 0.492 e. The number of halogens is 1. The van der Waals surface area contributed by atoms with E-state index < -0.39 is 6.10 Å². The molecule has 1 heterocycles. The Kier molecular flexibility index (Phi) is 9.77. The lowest BCUT2D eigenvalue weighted by molar-refractivity contribution is -0.151. The summed E-state index contributed by atoms with van der Waals surface area (Å²) in [6.45, 7) is 13.4. The van der Waals surface area contributed by atoms with Gasteiger partial charge in [0.05, 0.1) is 6.61 Å². The molecule has 6 nitrogen and oxygen atoms in total. The van der Waals surface area contributed by atoms with Gasteiger partial charge in [-0.25, -0.2) is 4.79 Å². The van der Waals surface area contributed by atoms with E-state index in [0.29, 0.717) is 31.4 Å². The van der Waals surface area contributed by atoms with Crippen molar-refractivity contribution < 1.29 is 19.0 Å². The Balaban J connectivity index is 1.04. The van der Waals surface area contributed by atoms with Crippen LogP contribution in [0.2, 0.25) is 5.02 Å². The molecule has 2 aliphatic rings. The number of carbonyl (C=O) groups excluding carboxylic acids is 1. The molecule has 1 aliphatic carbocycles. The number of nitrogens with zero attached hydrogens (tertiary/aromatic N) is 1. The molecule has 1 unspecified atom stereocenters. The molecule has 1 N–H and O–H groups in total. The molecule has 3 aromatic carbocycles. The van der Waals surface area contributed by atoms with Crippen molar-refractivity contribution in [1.82, 2.24) is 10.2 Å². The lowest BCUT2D eigenvalue weighted by Gasteiger charge is -2.21. The van der Waals surface area contributed by atoms with E-state index in [0.717, 1.165) is 54.4 Å². The van der Waals surface area contributed by atoms with Gasteiger partial charge >= 0.3 is 5.97 Å². The maximum absolute atomic E-state index is 12.7. The van der Waals surface area contributed by atoms with Gasteiger partial charge in [0.25, 0.3) is 0 Å². The van der Waals surface area contributed by atoms with Crippen LogP contribution in [0, 0.1) is 11.8 Å². The van der Waals surface area contributed by atoms with E-state index in [1.807, 2.05) is 60.7 Å². The summed E-state index contributed by atoms with van der Waals surface area (Å²) >= 11 is 6.01. The van der Waals surface area contributed by atoms with Gasteiger partial charge in [0.1, 0.15) is 18.1 Å². The topological polar surface area (TPSA) is 60.0 Å². The van der Waals surface area contributed by atoms with E-state index in [-0.39, 0.29) is 11.4 Å². The Morgan fingerprint density at radius 1 is 0.929 bits per heavy atom. The number of piperidine rings is 1. The first kappa shape index (κ1) is 30.4. The smallest absolute Gasteiger partial charge is 0.347 e. The maximum atomic E-state index is 12.7. The average molecular weight is 591 g/mol. The highest BCUT2D eigenvalue weighted by Gasteiger charge is 2.55. The van der Waals surface area contributed by atoms with E-state index in [9.17, 15) is 4.79 Å². The highest BCUT2D eigenvalue weighted by atomic mass is 35.5. The third-order valence-corrected chi connectivity index (χ3v) is 8.48. The van der Waals surface area contributed by atoms with Gasteiger partial charge in [-0.2, -0.15) is 0 Å². The molecule has 3 aromatic rings. The average Bonchev–Trinajstić information content (AvgIpc) is 3.42. The number of nitrogens with one attached hydrogen (secondary N) is 1. The van der Waals surface area contributed by atoms with E-state index in [1.165, 1.54) is 11.1 Å². The van der Waals surface area contributed by atoms with Crippen LogP contribution in [0.1, 0.15) is 44.4 Å². The second-order valence-electron chi connectivity index (χ2n) is 12.5. The van der Waals surface area contributed by atoms with Crippen molar-refractivity contribution in [2.24, 2.45) is 11.8 Å². The quantitative estimate of drug-likeness (QED) is 0.186. The molecule has 1 saturated carbocycles. The minimum Gasteiger partial charge on any atom is -0.492 e. The Morgan fingerprint density at radius 3 is 2.17 bits per heavy atom. The van der Waals surface area contributed by atoms with Gasteiger partial charge < -0.3 is 19.5 Å². The fourth-order valence-electron chi connectivity index (χ4n) is 5.83. The zero-order valence-corrected chi connectivity index (χ0v) is 25.9. The molecule has 1 saturated heterocycles. The molecule has 0 aromatic heterocycles. The van der Waals surface area contributed by atoms with Crippen LogP contribution in [0.4, 0.5) is 0 Å². The number of likely N-dealkylation sites (tertiary alicyclic amines) is 1. The summed E-state index contributed by atoms with van der Waals surface area (Å²) in [6, 6.07) is 24.6. The summed E-state index contributed by atoms with van der Waals surface area (Å²) in [7, 11) is 0. The van der Waals surface area contributed by atoms with E-state index in [1.54, 1.807) is 6.92 Å². The second kappa shape index (κ2) is 13.5. The molecule has 4 atom stereocenters. The van der Waals surface area contributed by atoms with Crippen LogP contribution in [-0.4, -0.2) is 55.9 Å². The fourth-order valence-corrected chi connectivity index (χ4v) is 5.96. The summed E-state index contributed by atoms with van der Waals surface area (Å²) in [5, 5.41) is 4.47. The molecule has 224 valence electrons. The van der Waals surface area contributed by atoms with Crippen molar-refractivity contribution in [3.63, 3.8) is 0 Å². The number of hydrogen-bond acceptors (Lipinski definition) is 6. The van der Waals surface area contributed by atoms with Crippen molar-refractivity contribution >= 4 is 17.6 Å². The van der Waals surface area contributed by atoms with Crippen LogP contribution < -0.4 is 14.8 Å². The van der Waals surface area contributed by atoms with Gasteiger partial charge in [0.15, 0.2) is 6.10 Å². The van der Waals surface area contributed by atoms with Gasteiger partial charge in [-0.1, -0.05) is 68.8 Å². The van der Waals surface area contributed by atoms with Crippen molar-refractivity contribution in [1.29, 1.82) is 0 Å². The molecule has 5 rings (SSSR count). The maximum Gasteiger partial charge on any atom is 0.347 e. The van der Waals surface area contributed by atoms with Gasteiger partial charge in [-0.15, -0.1) is 0 Å². The number of hydrogen-bond donors (Lipinski definition) is 1. The fraction of sp³-hybridized carbons (Fsp3) is 0.457. The second-order valence-corrected chi connectivity index (χ2v) is 12.9. The summed E-state index contributed by atoms with van der Waals surface area (Å²) in [6.07, 6.45) is -0.303. The number of esters is 1. The number of rotatable bonds is 13. The number of carbonyl (C=O) groups is 1. The van der Waals surface area contributed by atoms with Gasteiger partial charge in [-0.05, 0) is 77.3 Å². The molecule has 2 fully saturated rings. The summed E-state index contributed by atoms with van der Waals surface area (Å²) in [5.74, 6) is 2.59. The van der Waals surface area contributed by atoms with Gasteiger partial charge in [-0.3, -0.25) is 4.90 Å². The molecule has 0 amide bonds. The van der Waals surface area contributed by atoms with Crippen LogP contribution in [0.25, 0.3) is 0 Å². The summed E-state index contributed by atoms with van der Waals surface area (Å²) < 4.78 is 17.4. The first-order chi connectivity index (χ1) is 20.2. The Hall–Kier alpha value is -3.06. The molecule has 1 aliphatic heterocycles.